The largest absolute Gasteiger partial charge is 0.496 e. The van der Waals surface area contributed by atoms with E-state index in [4.69, 9.17) is 27.9 Å². The van der Waals surface area contributed by atoms with Crippen LogP contribution in [0.4, 0.5) is 5.82 Å². The van der Waals surface area contributed by atoms with Crippen LogP contribution < -0.4 is 10.1 Å². The van der Waals surface area contributed by atoms with E-state index in [9.17, 15) is 10.0 Å². The smallest absolute Gasteiger partial charge is 0.484 e. The van der Waals surface area contributed by atoms with Gasteiger partial charge in [0, 0.05) is 22.8 Å². The summed E-state index contributed by atoms with van der Waals surface area (Å²) in [5.74, 6) is 0.997. The molecule has 2 atom stereocenters. The maximum absolute atomic E-state index is 10.3. The van der Waals surface area contributed by atoms with Crippen molar-refractivity contribution in [1.29, 1.82) is 0 Å². The molecule has 0 aliphatic heterocycles. The predicted octanol–water partition coefficient (Wildman–Crippen LogP) is 3.90. The molecule has 0 amide bonds. The molecule has 3 rings (SSSR count). The van der Waals surface area contributed by atoms with Crippen molar-refractivity contribution in [1.82, 2.24) is 4.98 Å². The second-order valence-electron chi connectivity index (χ2n) is 6.63. The Kier molecular flexibility index (Phi) is 6.70. The summed E-state index contributed by atoms with van der Waals surface area (Å²) in [5, 5.41) is 23.3. The molecule has 0 radical (unpaired) electrons. The minimum Gasteiger partial charge on any atom is -0.496 e. The number of hydrogen-bond donors (Lipinski definition) is 3. The lowest BCUT2D eigenvalue weighted by atomic mass is 9.59. The van der Waals surface area contributed by atoms with Crippen molar-refractivity contribution < 1.29 is 14.8 Å². The van der Waals surface area contributed by atoms with Gasteiger partial charge in [0.1, 0.15) is 17.0 Å². The van der Waals surface area contributed by atoms with Gasteiger partial charge in [-0.25, -0.2) is 4.98 Å². The van der Waals surface area contributed by atoms with Crippen molar-refractivity contribution in [3.8, 4) is 5.75 Å². The lowest BCUT2D eigenvalue weighted by molar-refractivity contribution is 0.373. The zero-order valence-corrected chi connectivity index (χ0v) is 17.4. The molecule has 0 bridgehead atoms. The predicted molar refractivity (Wildman–Crippen MR) is 119 cm³/mol. The van der Waals surface area contributed by atoms with Crippen LogP contribution in [0, 0.1) is 0 Å². The van der Waals surface area contributed by atoms with Crippen LogP contribution in [-0.2, 0) is 6.42 Å². The molecule has 5 nitrogen and oxygen atoms in total. The van der Waals surface area contributed by atoms with Gasteiger partial charge in [-0.1, -0.05) is 54.1 Å². The zero-order chi connectivity index (χ0) is 21.0. The normalized spacial score (nSPS) is 20.7. The number of aromatic nitrogens is 1. The first kappa shape index (κ1) is 21.5. The maximum atomic E-state index is 10.3. The number of rotatable bonds is 7. The summed E-state index contributed by atoms with van der Waals surface area (Å²) < 4.78 is 5.42. The molecule has 3 N–H and O–H groups in total. The minimum absolute atomic E-state index is 0.387. The number of nitrogens with one attached hydrogen (secondary N) is 1. The number of methoxy groups -OCH3 is 1. The first-order valence-electron chi connectivity index (χ1n) is 8.99. The van der Waals surface area contributed by atoms with Crippen LogP contribution in [-0.4, -0.2) is 40.1 Å². The van der Waals surface area contributed by atoms with E-state index in [2.05, 4.69) is 16.9 Å². The monoisotopic (exact) mass is 430 g/mol. The fourth-order valence-electron chi connectivity index (χ4n) is 3.30. The Morgan fingerprint density at radius 1 is 1.38 bits per heavy atom. The topological polar surface area (TPSA) is 74.6 Å². The van der Waals surface area contributed by atoms with E-state index in [1.54, 1.807) is 43.7 Å². The quantitative estimate of drug-likeness (QED) is 0.353. The van der Waals surface area contributed by atoms with Crippen LogP contribution in [0.1, 0.15) is 11.1 Å². The second-order valence-corrected chi connectivity index (χ2v) is 7.47. The molecule has 8 heteroatoms. The van der Waals surface area contributed by atoms with E-state index >= 15 is 0 Å². The average Bonchev–Trinajstić information content (AvgIpc) is 2.71. The van der Waals surface area contributed by atoms with Crippen LogP contribution in [0.15, 0.2) is 67.4 Å². The third-order valence-corrected chi connectivity index (χ3v) is 5.75. The molecule has 0 saturated carbocycles. The van der Waals surface area contributed by atoms with Crippen molar-refractivity contribution >= 4 is 41.7 Å². The number of ether oxygens (including phenoxy) is 1. The molecular weight excluding hydrogens is 410 g/mol. The summed E-state index contributed by atoms with van der Waals surface area (Å²) in [6, 6.07) is 8.95. The van der Waals surface area contributed by atoms with Gasteiger partial charge in [0.05, 0.1) is 12.5 Å². The van der Waals surface area contributed by atoms with Crippen molar-refractivity contribution in [3.05, 3.63) is 83.6 Å². The van der Waals surface area contributed by atoms with E-state index in [0.29, 0.717) is 28.6 Å². The molecule has 0 spiro atoms. The van der Waals surface area contributed by atoms with Gasteiger partial charge in [0.25, 0.3) is 0 Å². The van der Waals surface area contributed by atoms with E-state index in [-0.39, 0.29) is 0 Å². The molecule has 0 fully saturated rings. The van der Waals surface area contributed by atoms with Crippen molar-refractivity contribution in [3.63, 3.8) is 0 Å². The van der Waals surface area contributed by atoms with Gasteiger partial charge >= 0.3 is 7.12 Å². The van der Waals surface area contributed by atoms with Gasteiger partial charge in [-0.2, -0.15) is 0 Å². The van der Waals surface area contributed by atoms with Crippen molar-refractivity contribution in [2.24, 2.45) is 0 Å². The molecule has 1 aromatic carbocycles. The molecule has 2 aromatic rings. The second kappa shape index (κ2) is 9.05. The van der Waals surface area contributed by atoms with E-state index in [1.807, 2.05) is 24.3 Å². The van der Waals surface area contributed by atoms with E-state index in [1.165, 1.54) is 0 Å². The fraction of sp³-hybridized carbons (Fsp3) is 0.190. The molecule has 150 valence electrons. The maximum Gasteiger partial charge on any atom is 0.484 e. The van der Waals surface area contributed by atoms with E-state index < -0.39 is 17.9 Å². The Hall–Kier alpha value is -2.25. The third-order valence-electron chi connectivity index (χ3n) is 4.82. The number of nitrogens with zero attached hydrogens (tertiary/aromatic N) is 1. The third kappa shape index (κ3) is 4.21. The average molecular weight is 431 g/mol. The molecule has 0 saturated heterocycles. The number of benzene rings is 1. The van der Waals surface area contributed by atoms with Crippen molar-refractivity contribution in [2.75, 3.05) is 12.4 Å². The summed E-state index contributed by atoms with van der Waals surface area (Å²) in [7, 11) is -0.251. The molecule has 1 aliphatic carbocycles. The first-order valence-corrected chi connectivity index (χ1v) is 9.81. The Morgan fingerprint density at radius 2 is 2.14 bits per heavy atom. The summed E-state index contributed by atoms with van der Waals surface area (Å²) >= 11 is 13.1. The van der Waals surface area contributed by atoms with Gasteiger partial charge in [-0.05, 0) is 23.6 Å². The first-order chi connectivity index (χ1) is 13.9. The number of allylic oxidation sites excluding steroid dienone is 3. The number of pyridine rings is 1. The summed E-state index contributed by atoms with van der Waals surface area (Å²) in [4.78, 5) is 4.38. The highest BCUT2D eigenvalue weighted by Crippen LogP contribution is 2.40. The standard InChI is InChI=1S/C21H21BCl2N2O3/c1-3-7-14-13-25-19(12-18(14)29-2)26-21(22(27)28)11-6-9-16(20(21)24)15-8-4-5-10-17(15)23/h3-6,8-13,20,27-28H,1,7H2,2H3,(H,25,26). The van der Waals surface area contributed by atoms with Gasteiger partial charge in [0.2, 0.25) is 0 Å². The Balaban J connectivity index is 1.99. The summed E-state index contributed by atoms with van der Waals surface area (Å²) in [5.41, 5.74) is 0.820. The van der Waals surface area contributed by atoms with Gasteiger partial charge in [0.15, 0.2) is 0 Å². The minimum atomic E-state index is -1.81. The Bertz CT molecular complexity index is 965. The summed E-state index contributed by atoms with van der Waals surface area (Å²) in [6.45, 7) is 3.73. The van der Waals surface area contributed by atoms with Crippen LogP contribution in [0.25, 0.3) is 5.57 Å². The number of anilines is 1. The van der Waals surface area contributed by atoms with Crippen LogP contribution in [0.2, 0.25) is 5.02 Å². The molecule has 1 aliphatic rings. The highest BCUT2D eigenvalue weighted by molar-refractivity contribution is 6.52. The Morgan fingerprint density at radius 3 is 2.79 bits per heavy atom. The highest BCUT2D eigenvalue weighted by Gasteiger charge is 2.49. The molecule has 1 aromatic heterocycles. The number of halogens is 2. The number of alkyl halides is 1. The van der Waals surface area contributed by atoms with Crippen molar-refractivity contribution in [2.45, 2.75) is 17.2 Å². The highest BCUT2D eigenvalue weighted by atomic mass is 35.5. The van der Waals surface area contributed by atoms with Gasteiger partial charge in [-0.15, -0.1) is 18.2 Å². The van der Waals surface area contributed by atoms with Crippen LogP contribution in [0.3, 0.4) is 0 Å². The van der Waals surface area contributed by atoms with E-state index in [0.717, 1.165) is 11.1 Å². The van der Waals surface area contributed by atoms with Crippen LogP contribution in [0.5, 0.6) is 5.75 Å². The van der Waals surface area contributed by atoms with Gasteiger partial charge < -0.3 is 20.1 Å². The lowest BCUT2D eigenvalue weighted by Crippen LogP contribution is -2.59. The summed E-state index contributed by atoms with van der Waals surface area (Å²) in [6.07, 6.45) is 9.14. The lowest BCUT2D eigenvalue weighted by Gasteiger charge is -2.39. The molecular formula is C21H21BCl2N2O3. The fourth-order valence-corrected chi connectivity index (χ4v) is 3.97. The SMILES string of the molecule is C=CCc1cnc(NC2(B(O)O)C=CC=C(c3ccccc3Cl)C2Cl)cc1OC. The zero-order valence-electron chi connectivity index (χ0n) is 15.8. The van der Waals surface area contributed by atoms with Gasteiger partial charge in [-0.3, -0.25) is 0 Å². The molecule has 29 heavy (non-hydrogen) atoms. The number of hydrogen-bond acceptors (Lipinski definition) is 5. The van der Waals surface area contributed by atoms with Crippen LogP contribution >= 0.6 is 23.2 Å². The molecule has 2 unspecified atom stereocenters. The molecule has 1 heterocycles. The Labute approximate surface area is 180 Å².